The Morgan fingerprint density at radius 3 is 2.42 bits per heavy atom. The first-order chi connectivity index (χ1) is 19.1. The molecule has 0 aliphatic carbocycles. The Labute approximate surface area is 234 Å². The second-order valence-electron chi connectivity index (χ2n) is 10.9. The summed E-state index contributed by atoms with van der Waals surface area (Å²) < 4.78 is 15.4. The lowest BCUT2D eigenvalue weighted by atomic mass is 9.90. The zero-order valence-corrected chi connectivity index (χ0v) is 23.0. The van der Waals surface area contributed by atoms with E-state index in [1.165, 1.54) is 17.7 Å². The van der Waals surface area contributed by atoms with E-state index in [1.54, 1.807) is 16.8 Å². The second kappa shape index (κ2) is 13.2. The van der Waals surface area contributed by atoms with Crippen LogP contribution in [0, 0.1) is 5.82 Å². The number of nitrogens with zero attached hydrogens (tertiary/aromatic N) is 3. The SMILES string of the molecule is CC(C)c1c(C(=O)N2CCC[C@@H](c3ccccc3)C2)nn(-c2ccc(F)cc2)c1CC[C@@H](O)C[C@@H](O)CC(=O)[O-]. The number of aromatic nitrogens is 2. The molecule has 9 heteroatoms. The van der Waals surface area contributed by atoms with Gasteiger partial charge in [0.1, 0.15) is 5.82 Å². The minimum atomic E-state index is -1.38. The van der Waals surface area contributed by atoms with Crippen molar-refractivity contribution >= 4 is 11.9 Å². The lowest BCUT2D eigenvalue weighted by Crippen LogP contribution is -2.39. The summed E-state index contributed by atoms with van der Waals surface area (Å²) in [5.41, 5.74) is 3.62. The Morgan fingerprint density at radius 2 is 1.77 bits per heavy atom. The largest absolute Gasteiger partial charge is 0.550 e. The van der Waals surface area contributed by atoms with Crippen LogP contribution in [0.4, 0.5) is 4.39 Å². The van der Waals surface area contributed by atoms with E-state index in [9.17, 15) is 29.3 Å². The van der Waals surface area contributed by atoms with Gasteiger partial charge in [-0.25, -0.2) is 9.07 Å². The number of carboxylic acids is 1. The van der Waals surface area contributed by atoms with Crippen molar-refractivity contribution in [3.63, 3.8) is 0 Å². The summed E-state index contributed by atoms with van der Waals surface area (Å²) in [6.45, 7) is 5.19. The van der Waals surface area contributed by atoms with Crippen LogP contribution in [-0.4, -0.2) is 62.1 Å². The van der Waals surface area contributed by atoms with Crippen molar-refractivity contribution in [3.8, 4) is 5.69 Å². The lowest BCUT2D eigenvalue weighted by molar-refractivity contribution is -0.307. The van der Waals surface area contributed by atoms with E-state index in [-0.39, 0.29) is 30.6 Å². The average Bonchev–Trinajstić information content (AvgIpc) is 3.32. The number of carboxylic acid groups (broad SMARTS) is 1. The van der Waals surface area contributed by atoms with Crippen LogP contribution in [-0.2, 0) is 11.2 Å². The van der Waals surface area contributed by atoms with Gasteiger partial charge in [-0.05, 0) is 67.9 Å². The van der Waals surface area contributed by atoms with Gasteiger partial charge in [-0.2, -0.15) is 5.10 Å². The Bertz CT molecular complexity index is 1290. The normalized spacial score (nSPS) is 17.1. The van der Waals surface area contributed by atoms with Gasteiger partial charge in [0, 0.05) is 42.7 Å². The maximum absolute atomic E-state index is 14.0. The Hall–Kier alpha value is -3.56. The van der Waals surface area contributed by atoms with Crippen molar-refractivity contribution in [2.45, 2.75) is 76.4 Å². The van der Waals surface area contributed by atoms with Crippen LogP contribution in [0.5, 0.6) is 0 Å². The van der Waals surface area contributed by atoms with Crippen LogP contribution >= 0.6 is 0 Å². The van der Waals surface area contributed by atoms with E-state index in [2.05, 4.69) is 12.1 Å². The summed E-state index contributed by atoms with van der Waals surface area (Å²) >= 11 is 0. The third kappa shape index (κ3) is 7.14. The Kier molecular flexibility index (Phi) is 9.71. The predicted octanol–water partition coefficient (Wildman–Crippen LogP) is 3.34. The van der Waals surface area contributed by atoms with E-state index in [0.29, 0.717) is 30.9 Å². The molecule has 0 unspecified atom stereocenters. The number of halogens is 1. The van der Waals surface area contributed by atoms with Gasteiger partial charge in [0.05, 0.1) is 17.9 Å². The minimum Gasteiger partial charge on any atom is -0.550 e. The van der Waals surface area contributed by atoms with E-state index in [1.807, 2.05) is 36.9 Å². The van der Waals surface area contributed by atoms with Crippen molar-refractivity contribution < 1.29 is 29.3 Å². The third-order valence-electron chi connectivity index (χ3n) is 7.51. The molecule has 2 aromatic carbocycles. The average molecular weight is 551 g/mol. The van der Waals surface area contributed by atoms with Crippen LogP contribution < -0.4 is 5.11 Å². The number of aliphatic hydroxyl groups excluding tert-OH is 2. The summed E-state index contributed by atoms with van der Waals surface area (Å²) in [5.74, 6) is -1.76. The second-order valence-corrected chi connectivity index (χ2v) is 10.9. The molecule has 1 aliphatic rings. The number of rotatable bonds is 11. The molecule has 214 valence electrons. The number of likely N-dealkylation sites (tertiary alicyclic amines) is 1. The van der Waals surface area contributed by atoms with Gasteiger partial charge in [0.25, 0.3) is 5.91 Å². The lowest BCUT2D eigenvalue weighted by Gasteiger charge is -2.33. The van der Waals surface area contributed by atoms with E-state index < -0.39 is 30.4 Å². The first-order valence-electron chi connectivity index (χ1n) is 13.9. The zero-order valence-electron chi connectivity index (χ0n) is 23.0. The first-order valence-corrected chi connectivity index (χ1v) is 13.9. The standard InChI is InChI=1S/C31H38FN3O5/c1-20(2)29-27(15-14-25(36)17-26(37)18-28(38)39)35(24-12-10-23(32)11-13-24)33-30(29)31(40)34-16-6-9-22(19-34)21-7-4-3-5-8-21/h3-5,7-8,10-13,20,22,25-26,36-37H,6,9,14-19H2,1-2H3,(H,38,39)/p-1/t22-,25-,26-/m1/s1. The summed E-state index contributed by atoms with van der Waals surface area (Å²) in [6.07, 6.45) is -0.452. The van der Waals surface area contributed by atoms with Gasteiger partial charge >= 0.3 is 0 Å². The molecule has 1 amide bonds. The van der Waals surface area contributed by atoms with Crippen LogP contribution in [0.1, 0.15) is 85.1 Å². The highest BCUT2D eigenvalue weighted by atomic mass is 19.1. The van der Waals surface area contributed by atoms with Gasteiger partial charge in [0.2, 0.25) is 0 Å². The molecule has 0 saturated carbocycles. The molecule has 8 nitrogen and oxygen atoms in total. The van der Waals surface area contributed by atoms with Crippen LogP contribution in [0.25, 0.3) is 5.69 Å². The summed E-state index contributed by atoms with van der Waals surface area (Å²) in [7, 11) is 0. The zero-order chi connectivity index (χ0) is 28.8. The number of aliphatic carboxylic acids is 1. The highest BCUT2D eigenvalue weighted by Gasteiger charge is 2.32. The minimum absolute atomic E-state index is 0.0707. The number of hydrogen-bond acceptors (Lipinski definition) is 6. The molecule has 0 radical (unpaired) electrons. The number of hydrogen-bond donors (Lipinski definition) is 2. The van der Waals surface area contributed by atoms with Crippen LogP contribution in [0.3, 0.4) is 0 Å². The third-order valence-corrected chi connectivity index (χ3v) is 7.51. The van der Waals surface area contributed by atoms with Crippen molar-refractivity contribution in [1.29, 1.82) is 0 Å². The number of amides is 1. The smallest absolute Gasteiger partial charge is 0.274 e. The van der Waals surface area contributed by atoms with E-state index >= 15 is 0 Å². The Balaban J connectivity index is 1.65. The van der Waals surface area contributed by atoms with Crippen LogP contribution in [0.2, 0.25) is 0 Å². The van der Waals surface area contributed by atoms with E-state index in [4.69, 9.17) is 5.10 Å². The fourth-order valence-electron chi connectivity index (χ4n) is 5.59. The Morgan fingerprint density at radius 1 is 1.07 bits per heavy atom. The van der Waals surface area contributed by atoms with Gasteiger partial charge < -0.3 is 25.0 Å². The van der Waals surface area contributed by atoms with Crippen molar-refractivity contribution in [1.82, 2.24) is 14.7 Å². The molecule has 1 fully saturated rings. The number of carbonyl (C=O) groups is 2. The quantitative estimate of drug-likeness (QED) is 0.378. The van der Waals surface area contributed by atoms with Crippen molar-refractivity contribution in [2.75, 3.05) is 13.1 Å². The molecule has 2 heterocycles. The molecule has 1 aromatic heterocycles. The van der Waals surface area contributed by atoms with Gasteiger partial charge in [-0.3, -0.25) is 4.79 Å². The fraction of sp³-hybridized carbons (Fsp3) is 0.452. The number of aliphatic hydroxyl groups is 2. The molecule has 3 aromatic rings. The number of piperidine rings is 1. The molecular formula is C31H37FN3O5-. The molecule has 3 atom stereocenters. The maximum Gasteiger partial charge on any atom is 0.274 e. The van der Waals surface area contributed by atoms with Crippen LogP contribution in [0.15, 0.2) is 54.6 Å². The molecule has 1 saturated heterocycles. The monoisotopic (exact) mass is 550 g/mol. The molecule has 2 N–H and O–H groups in total. The highest BCUT2D eigenvalue weighted by molar-refractivity contribution is 5.94. The first kappa shape index (κ1) is 29.4. The molecule has 1 aliphatic heterocycles. The van der Waals surface area contributed by atoms with Gasteiger partial charge in [0.15, 0.2) is 5.69 Å². The molecule has 40 heavy (non-hydrogen) atoms. The maximum atomic E-state index is 14.0. The fourth-order valence-corrected chi connectivity index (χ4v) is 5.59. The van der Waals surface area contributed by atoms with Crippen molar-refractivity contribution in [2.24, 2.45) is 0 Å². The summed E-state index contributed by atoms with van der Waals surface area (Å²) in [6, 6.07) is 16.0. The molecule has 0 bridgehead atoms. The summed E-state index contributed by atoms with van der Waals surface area (Å²) in [4.78, 5) is 26.6. The van der Waals surface area contributed by atoms with Gasteiger partial charge in [-0.1, -0.05) is 44.2 Å². The predicted molar refractivity (Wildman–Crippen MR) is 147 cm³/mol. The molecule has 0 spiro atoms. The van der Waals surface area contributed by atoms with Gasteiger partial charge in [-0.15, -0.1) is 0 Å². The molecule has 4 rings (SSSR count). The van der Waals surface area contributed by atoms with Crippen molar-refractivity contribution in [3.05, 3.63) is 82.9 Å². The highest BCUT2D eigenvalue weighted by Crippen LogP contribution is 2.32. The number of carbonyl (C=O) groups excluding carboxylic acids is 2. The number of benzene rings is 2. The summed E-state index contributed by atoms with van der Waals surface area (Å²) in [5, 5.41) is 36.0. The molecular weight excluding hydrogens is 513 g/mol. The van der Waals surface area contributed by atoms with E-state index in [0.717, 1.165) is 24.1 Å². The topological polar surface area (TPSA) is 119 Å².